The summed E-state index contributed by atoms with van der Waals surface area (Å²) in [5.41, 5.74) is -1.24. The summed E-state index contributed by atoms with van der Waals surface area (Å²) in [5, 5.41) is 0.808. The third-order valence-corrected chi connectivity index (χ3v) is 6.90. The molecule has 0 saturated carbocycles. The van der Waals surface area contributed by atoms with Crippen molar-refractivity contribution >= 4 is 21.8 Å². The van der Waals surface area contributed by atoms with Crippen LogP contribution in [-0.4, -0.2) is 34.4 Å². The Balaban J connectivity index is 1.42. The summed E-state index contributed by atoms with van der Waals surface area (Å²) in [6.07, 6.45) is 2.36. The van der Waals surface area contributed by atoms with E-state index in [1.54, 1.807) is 48.5 Å². The molecule has 4 rings (SSSR count). The van der Waals surface area contributed by atoms with Crippen molar-refractivity contribution in [2.75, 3.05) is 13.2 Å². The van der Waals surface area contributed by atoms with Gasteiger partial charge in [0.15, 0.2) is 0 Å². The van der Waals surface area contributed by atoms with Crippen LogP contribution in [0.4, 0.5) is 0 Å². The predicted molar refractivity (Wildman–Crippen MR) is 139 cm³/mol. The second-order valence-electron chi connectivity index (χ2n) is 9.25. The smallest absolute Gasteiger partial charge is 0.397 e. The van der Waals surface area contributed by atoms with Gasteiger partial charge in [0.05, 0.1) is 28.4 Å². The van der Waals surface area contributed by atoms with Gasteiger partial charge in [-0.05, 0) is 50.5 Å². The molecule has 4 aromatic rings. The molecule has 0 radical (unpaired) electrons. The Bertz CT molecular complexity index is 1470. The molecule has 37 heavy (non-hydrogen) atoms. The second-order valence-corrected chi connectivity index (χ2v) is 9.25. The average Bonchev–Trinajstić information content (AvgIpc) is 2.91. The van der Waals surface area contributed by atoms with Crippen LogP contribution in [0.15, 0.2) is 67.0 Å². The molecule has 0 aliphatic heterocycles. The highest BCUT2D eigenvalue weighted by Crippen LogP contribution is 2.27. The molecule has 0 N–H and O–H groups in total. The van der Waals surface area contributed by atoms with Gasteiger partial charge < -0.3 is 23.0 Å². The molecule has 0 fully saturated rings. The molecule has 0 saturated heterocycles. The van der Waals surface area contributed by atoms with E-state index in [0.717, 1.165) is 0 Å². The zero-order valence-corrected chi connectivity index (χ0v) is 21.6. The standard InChI is InChI=1S/C28H32N2O7/c1-5-27(4,37-26-30-22-15-11-9-13-20(22)24(32)36-26)16-17-34-28(6-2,7-3)18-33-25-29-21-14-10-8-12-19(21)23(31)35-25/h8-15H,5-7,16-18H2,1-4H3. The van der Waals surface area contributed by atoms with Gasteiger partial charge >= 0.3 is 23.4 Å². The summed E-state index contributed by atoms with van der Waals surface area (Å²) in [6, 6.07) is 13.9. The van der Waals surface area contributed by atoms with Gasteiger partial charge in [0.1, 0.15) is 17.8 Å². The van der Waals surface area contributed by atoms with Gasteiger partial charge in [-0.2, -0.15) is 9.97 Å². The zero-order chi connectivity index (χ0) is 26.5. The molecule has 1 atom stereocenters. The fourth-order valence-corrected chi connectivity index (χ4v) is 3.99. The molecule has 0 aliphatic rings. The number of ether oxygens (including phenoxy) is 3. The number of aromatic nitrogens is 2. The monoisotopic (exact) mass is 508 g/mol. The lowest BCUT2D eigenvalue weighted by Crippen LogP contribution is -2.41. The van der Waals surface area contributed by atoms with Crippen molar-refractivity contribution in [1.29, 1.82) is 0 Å². The Kier molecular flexibility index (Phi) is 7.92. The number of hydrogen-bond acceptors (Lipinski definition) is 9. The van der Waals surface area contributed by atoms with Crippen molar-refractivity contribution < 1.29 is 23.0 Å². The topological polar surface area (TPSA) is 114 Å². The third-order valence-electron chi connectivity index (χ3n) is 6.90. The number of fused-ring (bicyclic) bond motifs is 2. The summed E-state index contributed by atoms with van der Waals surface area (Å²) in [7, 11) is 0. The molecule has 0 amide bonds. The summed E-state index contributed by atoms with van der Waals surface area (Å²) < 4.78 is 28.8. The first-order valence-corrected chi connectivity index (χ1v) is 12.6. The molecule has 9 nitrogen and oxygen atoms in total. The first-order chi connectivity index (χ1) is 17.8. The van der Waals surface area contributed by atoms with E-state index in [1.807, 2.05) is 27.7 Å². The zero-order valence-electron chi connectivity index (χ0n) is 21.6. The summed E-state index contributed by atoms with van der Waals surface area (Å²) in [4.78, 5) is 33.2. The van der Waals surface area contributed by atoms with E-state index in [1.165, 1.54) is 0 Å². The van der Waals surface area contributed by atoms with Crippen molar-refractivity contribution in [3.63, 3.8) is 0 Å². The van der Waals surface area contributed by atoms with E-state index in [2.05, 4.69) is 9.97 Å². The van der Waals surface area contributed by atoms with Gasteiger partial charge in [-0.1, -0.05) is 45.0 Å². The molecule has 9 heteroatoms. The highest BCUT2D eigenvalue weighted by atomic mass is 16.6. The van der Waals surface area contributed by atoms with Crippen LogP contribution < -0.4 is 20.7 Å². The Hall–Kier alpha value is -3.72. The van der Waals surface area contributed by atoms with Crippen LogP contribution in [0.25, 0.3) is 21.8 Å². The van der Waals surface area contributed by atoms with Gasteiger partial charge in [-0.3, -0.25) is 0 Å². The van der Waals surface area contributed by atoms with Gasteiger partial charge in [0.25, 0.3) is 0 Å². The van der Waals surface area contributed by atoms with Crippen molar-refractivity contribution in [3.8, 4) is 12.2 Å². The summed E-state index contributed by atoms with van der Waals surface area (Å²) in [5.74, 6) is 0. The summed E-state index contributed by atoms with van der Waals surface area (Å²) in [6.45, 7) is 8.47. The summed E-state index contributed by atoms with van der Waals surface area (Å²) >= 11 is 0. The highest BCUT2D eigenvalue weighted by molar-refractivity contribution is 5.77. The van der Waals surface area contributed by atoms with E-state index < -0.39 is 22.5 Å². The molecule has 2 heterocycles. The normalized spacial score (nSPS) is 13.5. The van der Waals surface area contributed by atoms with Crippen LogP contribution in [-0.2, 0) is 4.74 Å². The predicted octanol–water partition coefficient (Wildman–Crippen LogP) is 5.28. The van der Waals surface area contributed by atoms with Crippen LogP contribution in [0, 0.1) is 0 Å². The Morgan fingerprint density at radius 3 is 1.89 bits per heavy atom. The minimum Gasteiger partial charge on any atom is -0.447 e. The van der Waals surface area contributed by atoms with Crippen molar-refractivity contribution in [1.82, 2.24) is 9.97 Å². The van der Waals surface area contributed by atoms with Gasteiger partial charge in [-0.25, -0.2) is 9.59 Å². The van der Waals surface area contributed by atoms with E-state index in [-0.39, 0.29) is 18.8 Å². The highest BCUT2D eigenvalue weighted by Gasteiger charge is 2.32. The van der Waals surface area contributed by atoms with Crippen LogP contribution in [0.3, 0.4) is 0 Å². The molecule has 2 aromatic carbocycles. The first kappa shape index (κ1) is 26.3. The van der Waals surface area contributed by atoms with Crippen molar-refractivity contribution in [2.45, 2.75) is 64.6 Å². The fraction of sp³-hybridized carbons (Fsp3) is 0.429. The maximum Gasteiger partial charge on any atom is 0.397 e. The number of rotatable bonds is 12. The third kappa shape index (κ3) is 5.99. The van der Waals surface area contributed by atoms with Gasteiger partial charge in [0, 0.05) is 6.42 Å². The average molecular weight is 509 g/mol. The van der Waals surface area contributed by atoms with Crippen LogP contribution in [0.5, 0.6) is 12.2 Å². The number of benzene rings is 2. The van der Waals surface area contributed by atoms with Crippen molar-refractivity contribution in [2.24, 2.45) is 0 Å². The minimum atomic E-state index is -0.674. The lowest BCUT2D eigenvalue weighted by Gasteiger charge is -2.34. The van der Waals surface area contributed by atoms with E-state index in [4.69, 9.17) is 23.0 Å². The second kappa shape index (κ2) is 11.1. The maximum absolute atomic E-state index is 12.3. The molecular formula is C28H32N2O7. The van der Waals surface area contributed by atoms with Crippen molar-refractivity contribution in [3.05, 3.63) is 69.4 Å². The maximum atomic E-state index is 12.3. The van der Waals surface area contributed by atoms with Crippen LogP contribution in [0.2, 0.25) is 0 Å². The molecule has 0 bridgehead atoms. The number of hydrogen-bond donors (Lipinski definition) is 0. The largest absolute Gasteiger partial charge is 0.447 e. The van der Waals surface area contributed by atoms with Gasteiger partial charge in [-0.15, -0.1) is 0 Å². The van der Waals surface area contributed by atoms with E-state index in [0.29, 0.717) is 54.1 Å². The van der Waals surface area contributed by atoms with E-state index >= 15 is 0 Å². The number of nitrogens with zero attached hydrogens (tertiary/aromatic N) is 2. The molecule has 0 aliphatic carbocycles. The minimum absolute atomic E-state index is 0.0639. The first-order valence-electron chi connectivity index (χ1n) is 12.6. The SMILES string of the molecule is CCC(C)(CCOC(CC)(CC)COc1nc2ccccc2c(=O)o1)Oc1nc2ccccc2c(=O)o1. The Labute approximate surface area is 214 Å². The van der Waals surface area contributed by atoms with Crippen LogP contribution in [0.1, 0.15) is 53.4 Å². The van der Waals surface area contributed by atoms with Crippen LogP contribution >= 0.6 is 0 Å². The molecular weight excluding hydrogens is 476 g/mol. The quantitative estimate of drug-likeness (QED) is 0.252. The Morgan fingerprint density at radius 2 is 1.32 bits per heavy atom. The van der Waals surface area contributed by atoms with E-state index in [9.17, 15) is 9.59 Å². The number of para-hydroxylation sites is 2. The lowest BCUT2D eigenvalue weighted by molar-refractivity contribution is -0.0983. The van der Waals surface area contributed by atoms with Gasteiger partial charge in [0.2, 0.25) is 0 Å². The molecule has 0 spiro atoms. The Morgan fingerprint density at radius 1 is 0.784 bits per heavy atom. The fourth-order valence-electron chi connectivity index (χ4n) is 3.99. The lowest BCUT2D eigenvalue weighted by atomic mass is 9.96. The molecule has 196 valence electrons. The molecule has 1 unspecified atom stereocenters. The molecule has 2 aromatic heterocycles.